The van der Waals surface area contributed by atoms with Crippen molar-refractivity contribution < 1.29 is 18.8 Å². The van der Waals surface area contributed by atoms with Crippen LogP contribution in [0.2, 0.25) is 0 Å². The Labute approximate surface area is 155 Å². The average Bonchev–Trinajstić information content (AvgIpc) is 3.14. The lowest BCUT2D eigenvalue weighted by atomic mass is 10.1. The van der Waals surface area contributed by atoms with Gasteiger partial charge >= 0.3 is 0 Å². The molecule has 2 aromatic rings. The van der Waals surface area contributed by atoms with Gasteiger partial charge < -0.3 is 15.1 Å². The van der Waals surface area contributed by atoms with Gasteiger partial charge in [0.1, 0.15) is 18.4 Å². The number of para-hydroxylation sites is 1. The highest BCUT2D eigenvalue weighted by Crippen LogP contribution is 2.32. The third kappa shape index (κ3) is 3.16. The number of carbonyl (C=O) groups excluding carboxylic acids is 3. The van der Waals surface area contributed by atoms with Crippen LogP contribution < -0.4 is 10.2 Å². The zero-order valence-electron chi connectivity index (χ0n) is 14.5. The molecule has 0 aliphatic carbocycles. The number of benzene rings is 2. The van der Waals surface area contributed by atoms with Gasteiger partial charge in [0.05, 0.1) is 11.3 Å². The van der Waals surface area contributed by atoms with E-state index in [-0.39, 0.29) is 18.4 Å². The lowest BCUT2D eigenvalue weighted by Crippen LogP contribution is -2.47. The Hall–Kier alpha value is -3.22. The first-order valence-electron chi connectivity index (χ1n) is 8.81. The first-order valence-corrected chi connectivity index (χ1v) is 8.81. The van der Waals surface area contributed by atoms with Gasteiger partial charge in [0.25, 0.3) is 5.91 Å². The molecule has 138 valence electrons. The van der Waals surface area contributed by atoms with Crippen LogP contribution in [-0.2, 0) is 9.59 Å². The molecule has 27 heavy (non-hydrogen) atoms. The lowest BCUT2D eigenvalue weighted by molar-refractivity contribution is -0.124. The molecule has 6 nitrogen and oxygen atoms in total. The Morgan fingerprint density at radius 1 is 1.11 bits per heavy atom. The number of rotatable bonds is 3. The molecule has 0 saturated carbocycles. The maximum absolute atomic E-state index is 13.1. The summed E-state index contributed by atoms with van der Waals surface area (Å²) in [7, 11) is 0. The van der Waals surface area contributed by atoms with E-state index in [2.05, 4.69) is 5.32 Å². The molecule has 0 aromatic heterocycles. The van der Waals surface area contributed by atoms with Gasteiger partial charge in [0, 0.05) is 12.2 Å². The van der Waals surface area contributed by atoms with Gasteiger partial charge in [-0.2, -0.15) is 0 Å². The predicted octanol–water partition coefficient (Wildman–Crippen LogP) is 2.42. The summed E-state index contributed by atoms with van der Waals surface area (Å²) in [6, 6.07) is 11.7. The van der Waals surface area contributed by atoms with Gasteiger partial charge in [-0.15, -0.1) is 0 Å². The van der Waals surface area contributed by atoms with Gasteiger partial charge in [0.15, 0.2) is 0 Å². The first kappa shape index (κ1) is 17.2. The van der Waals surface area contributed by atoms with Crippen molar-refractivity contribution in [2.45, 2.75) is 18.9 Å². The average molecular weight is 367 g/mol. The van der Waals surface area contributed by atoms with E-state index in [1.165, 1.54) is 29.2 Å². The molecule has 7 heteroatoms. The fraction of sp³-hybridized carbons (Fsp3) is 0.250. The van der Waals surface area contributed by atoms with Gasteiger partial charge in [-0.25, -0.2) is 4.39 Å². The van der Waals surface area contributed by atoms with Crippen LogP contribution in [0.5, 0.6) is 0 Å². The molecule has 0 spiro atoms. The number of carbonyl (C=O) groups is 3. The predicted molar refractivity (Wildman–Crippen MR) is 97.9 cm³/mol. The zero-order chi connectivity index (χ0) is 19.0. The van der Waals surface area contributed by atoms with Gasteiger partial charge in [-0.05, 0) is 49.2 Å². The smallest absolute Gasteiger partial charge is 0.256 e. The summed E-state index contributed by atoms with van der Waals surface area (Å²) in [5.74, 6) is -1.24. The minimum Gasteiger partial charge on any atom is -0.327 e. The monoisotopic (exact) mass is 367 g/mol. The third-order valence-corrected chi connectivity index (χ3v) is 4.92. The first-order chi connectivity index (χ1) is 13.0. The number of halogens is 1. The summed E-state index contributed by atoms with van der Waals surface area (Å²) in [4.78, 5) is 41.4. The second-order valence-corrected chi connectivity index (χ2v) is 6.65. The van der Waals surface area contributed by atoms with Crippen molar-refractivity contribution in [1.82, 2.24) is 4.90 Å². The molecule has 0 radical (unpaired) electrons. The second kappa shape index (κ2) is 6.83. The molecular weight excluding hydrogens is 349 g/mol. The van der Waals surface area contributed by atoms with Gasteiger partial charge in [-0.1, -0.05) is 12.1 Å². The summed E-state index contributed by atoms with van der Waals surface area (Å²) < 4.78 is 13.0. The van der Waals surface area contributed by atoms with Gasteiger partial charge in [-0.3, -0.25) is 14.4 Å². The highest BCUT2D eigenvalue weighted by Gasteiger charge is 2.42. The SMILES string of the molecule is O=C(CN1C(=O)[C@@H]2CCCN2C(=O)c2ccccc21)Nc1ccc(F)cc1. The normalized spacial score (nSPS) is 18.8. The van der Waals surface area contributed by atoms with E-state index in [1.54, 1.807) is 29.2 Å². The van der Waals surface area contributed by atoms with Crippen LogP contribution in [-0.4, -0.2) is 41.8 Å². The van der Waals surface area contributed by atoms with Crippen LogP contribution in [0.25, 0.3) is 0 Å². The van der Waals surface area contributed by atoms with Crippen LogP contribution in [0.4, 0.5) is 15.8 Å². The standard InChI is InChI=1S/C20H18FN3O3/c21-13-7-9-14(10-8-13)22-18(25)12-24-16-5-2-1-4-15(16)19(26)23-11-3-6-17(23)20(24)27/h1-2,4-5,7-10,17H,3,6,11-12H2,(H,22,25)/t17-/m0/s1. The zero-order valence-corrected chi connectivity index (χ0v) is 14.5. The van der Waals surface area contributed by atoms with E-state index >= 15 is 0 Å². The molecule has 1 N–H and O–H groups in total. The largest absolute Gasteiger partial charge is 0.327 e. The van der Waals surface area contributed by atoms with E-state index in [9.17, 15) is 18.8 Å². The molecule has 2 aliphatic heterocycles. The Morgan fingerprint density at radius 2 is 1.85 bits per heavy atom. The molecule has 1 atom stereocenters. The Bertz CT molecular complexity index is 913. The van der Waals surface area contributed by atoms with Crippen molar-refractivity contribution in [2.75, 3.05) is 23.3 Å². The summed E-state index contributed by atoms with van der Waals surface area (Å²) in [6.45, 7) is 0.323. The number of nitrogens with zero attached hydrogens (tertiary/aromatic N) is 2. The fourth-order valence-electron chi connectivity index (χ4n) is 3.65. The van der Waals surface area contributed by atoms with Crippen LogP contribution in [0.15, 0.2) is 48.5 Å². The number of hydrogen-bond acceptors (Lipinski definition) is 3. The van der Waals surface area contributed by atoms with Gasteiger partial charge in [0.2, 0.25) is 11.8 Å². The molecular formula is C20H18FN3O3. The number of amides is 3. The molecule has 2 aliphatic rings. The highest BCUT2D eigenvalue weighted by atomic mass is 19.1. The summed E-state index contributed by atoms with van der Waals surface area (Å²) in [5.41, 5.74) is 1.30. The van der Waals surface area contributed by atoms with E-state index in [1.807, 2.05) is 0 Å². The third-order valence-electron chi connectivity index (χ3n) is 4.92. The summed E-state index contributed by atoms with van der Waals surface area (Å²) in [5, 5.41) is 2.66. The van der Waals surface area contributed by atoms with Crippen LogP contribution in [0.3, 0.4) is 0 Å². The van der Waals surface area contributed by atoms with Crippen LogP contribution >= 0.6 is 0 Å². The molecule has 2 aromatic carbocycles. The molecule has 1 saturated heterocycles. The molecule has 4 rings (SSSR count). The summed E-state index contributed by atoms with van der Waals surface area (Å²) >= 11 is 0. The highest BCUT2D eigenvalue weighted by molar-refractivity contribution is 6.13. The fourth-order valence-corrected chi connectivity index (χ4v) is 3.65. The maximum atomic E-state index is 13.1. The second-order valence-electron chi connectivity index (χ2n) is 6.65. The quantitative estimate of drug-likeness (QED) is 0.906. The Morgan fingerprint density at radius 3 is 2.63 bits per heavy atom. The van der Waals surface area contributed by atoms with Crippen molar-refractivity contribution in [2.24, 2.45) is 0 Å². The van der Waals surface area contributed by atoms with E-state index in [0.29, 0.717) is 29.9 Å². The van der Waals surface area contributed by atoms with Crippen molar-refractivity contribution >= 4 is 29.1 Å². The molecule has 0 bridgehead atoms. The Kier molecular flexibility index (Phi) is 4.35. The number of fused-ring (bicyclic) bond motifs is 2. The number of anilines is 2. The minimum atomic E-state index is -0.538. The van der Waals surface area contributed by atoms with Crippen molar-refractivity contribution in [3.8, 4) is 0 Å². The van der Waals surface area contributed by atoms with E-state index in [0.717, 1.165) is 6.42 Å². The number of nitrogens with one attached hydrogen (secondary N) is 1. The van der Waals surface area contributed by atoms with Crippen LogP contribution in [0.1, 0.15) is 23.2 Å². The summed E-state index contributed by atoms with van der Waals surface area (Å²) in [6.07, 6.45) is 1.36. The topological polar surface area (TPSA) is 69.7 Å². The van der Waals surface area contributed by atoms with Crippen molar-refractivity contribution in [3.63, 3.8) is 0 Å². The van der Waals surface area contributed by atoms with Crippen LogP contribution in [0, 0.1) is 5.82 Å². The van der Waals surface area contributed by atoms with Crippen molar-refractivity contribution in [1.29, 1.82) is 0 Å². The lowest BCUT2D eigenvalue weighted by Gasteiger charge is -2.25. The molecule has 3 amide bonds. The molecule has 2 heterocycles. The minimum absolute atomic E-state index is 0.178. The van der Waals surface area contributed by atoms with Crippen molar-refractivity contribution in [3.05, 3.63) is 59.9 Å². The maximum Gasteiger partial charge on any atom is 0.256 e. The number of hydrogen-bond donors (Lipinski definition) is 1. The van der Waals surface area contributed by atoms with E-state index < -0.39 is 17.8 Å². The van der Waals surface area contributed by atoms with E-state index in [4.69, 9.17) is 0 Å². The Balaban J connectivity index is 1.62. The molecule has 0 unspecified atom stereocenters. The molecule has 1 fully saturated rings.